The third-order valence-electron chi connectivity index (χ3n) is 7.33. The summed E-state index contributed by atoms with van der Waals surface area (Å²) in [6, 6.07) is 0.841. The van der Waals surface area contributed by atoms with Crippen molar-refractivity contribution in [3.63, 3.8) is 0 Å². The Morgan fingerprint density at radius 2 is 1.91 bits per heavy atom. The number of aliphatic hydroxyl groups is 2. The second-order valence-corrected chi connectivity index (χ2v) is 15.3. The van der Waals surface area contributed by atoms with Gasteiger partial charge in [0.1, 0.15) is 5.60 Å². The van der Waals surface area contributed by atoms with Gasteiger partial charge < -0.3 is 15.1 Å². The molecule has 4 fully saturated rings. The Bertz CT molecular complexity index is 533. The Kier molecular flexibility index (Phi) is 3.38. The van der Waals surface area contributed by atoms with E-state index in [1.807, 2.05) is 4.90 Å². The highest BCUT2D eigenvalue weighted by atomic mass is 28.3. The molecule has 130 valence electrons. The minimum absolute atomic E-state index is 0.0284. The van der Waals surface area contributed by atoms with Crippen LogP contribution in [-0.2, 0) is 4.79 Å². The summed E-state index contributed by atoms with van der Waals surface area (Å²) in [5, 5.41) is 22.3. The first-order valence-electron chi connectivity index (χ1n) is 9.41. The van der Waals surface area contributed by atoms with E-state index in [0.29, 0.717) is 18.5 Å². The molecule has 0 aromatic carbocycles. The summed E-state index contributed by atoms with van der Waals surface area (Å²) in [6.45, 7) is 7.15. The van der Waals surface area contributed by atoms with Gasteiger partial charge in [0.25, 0.3) is 5.91 Å². The molecule has 2 saturated carbocycles. The Labute approximate surface area is 140 Å². The number of piperidine rings is 1. The molecule has 2 aliphatic carbocycles. The number of carbonyl (C=O) groups is 1. The van der Waals surface area contributed by atoms with E-state index >= 15 is 0 Å². The molecule has 4 aliphatic rings. The fraction of sp³-hybridized carbons (Fsp3) is 0.944. The van der Waals surface area contributed by atoms with E-state index in [4.69, 9.17) is 0 Å². The van der Waals surface area contributed by atoms with Crippen LogP contribution in [0.5, 0.6) is 0 Å². The lowest BCUT2D eigenvalue weighted by atomic mass is 9.51. The van der Waals surface area contributed by atoms with Gasteiger partial charge in [0.15, 0.2) is 0 Å². The summed E-state index contributed by atoms with van der Waals surface area (Å²) in [5.41, 5.74) is -1.14. The average Bonchev–Trinajstić information content (AvgIpc) is 2.68. The van der Waals surface area contributed by atoms with Crippen molar-refractivity contribution in [1.29, 1.82) is 0 Å². The third-order valence-corrected chi connectivity index (χ3v) is 8.93. The molecule has 23 heavy (non-hydrogen) atoms. The minimum Gasteiger partial charge on any atom is -0.391 e. The van der Waals surface area contributed by atoms with Gasteiger partial charge in [-0.05, 0) is 37.6 Å². The van der Waals surface area contributed by atoms with Crippen molar-refractivity contribution in [2.45, 2.75) is 82.0 Å². The molecule has 2 heterocycles. The van der Waals surface area contributed by atoms with Gasteiger partial charge in [-0.25, -0.2) is 0 Å². The summed E-state index contributed by atoms with van der Waals surface area (Å²) in [7, 11) is -1.56. The number of hydrogen-bond acceptors (Lipinski definition) is 3. The lowest BCUT2D eigenvalue weighted by Crippen LogP contribution is -2.64. The van der Waals surface area contributed by atoms with E-state index in [1.54, 1.807) is 0 Å². The number of nitrogens with zero attached hydrogens (tertiary/aromatic N) is 1. The number of amides is 1. The van der Waals surface area contributed by atoms with E-state index < -0.39 is 19.8 Å². The second kappa shape index (κ2) is 4.83. The average molecular weight is 338 g/mol. The Balaban J connectivity index is 1.75. The van der Waals surface area contributed by atoms with Crippen LogP contribution in [0.25, 0.3) is 0 Å². The van der Waals surface area contributed by atoms with Crippen molar-refractivity contribution in [2.75, 3.05) is 6.54 Å². The lowest BCUT2D eigenvalue weighted by Gasteiger charge is -2.60. The highest BCUT2D eigenvalue weighted by Crippen LogP contribution is 2.62. The molecule has 0 unspecified atom stereocenters. The molecule has 6 atom stereocenters. The molecule has 0 spiro atoms. The predicted octanol–water partition coefficient (Wildman–Crippen LogP) is 2.23. The number of aliphatic hydroxyl groups excluding tert-OH is 1. The number of rotatable bonds is 2. The van der Waals surface area contributed by atoms with Crippen LogP contribution in [0, 0.1) is 17.3 Å². The lowest BCUT2D eigenvalue weighted by molar-refractivity contribution is -0.167. The van der Waals surface area contributed by atoms with Crippen LogP contribution >= 0.6 is 0 Å². The summed E-state index contributed by atoms with van der Waals surface area (Å²) < 4.78 is 0. The van der Waals surface area contributed by atoms with Crippen LogP contribution in [-0.4, -0.2) is 53.4 Å². The first-order chi connectivity index (χ1) is 10.7. The smallest absolute Gasteiger partial charge is 0.254 e. The van der Waals surface area contributed by atoms with Gasteiger partial charge in [0, 0.05) is 32.0 Å². The van der Waals surface area contributed by atoms with Crippen molar-refractivity contribution in [2.24, 2.45) is 17.3 Å². The van der Waals surface area contributed by atoms with Crippen LogP contribution in [0.4, 0.5) is 0 Å². The first-order valence-corrected chi connectivity index (χ1v) is 13.1. The maximum absolute atomic E-state index is 13.1. The standard InChI is InChI=1S/C18H31NO3Si/c1-23(2,3)11-18(22)13-7-9-17-8-5-4-6-12(17)15(13)19(16(18)21)10-14(17)20/h12-15,20,22H,4-11H2,1-3H3/t12-,13+,14+,15-,17-,18+/m1/s1. The first kappa shape index (κ1) is 16.1. The number of hydrogen-bond donors (Lipinski definition) is 2. The zero-order chi connectivity index (χ0) is 16.6. The SMILES string of the molecule is C[Si](C)(C)C[C@@]1(O)C(=O)N2C[C@H](O)[C@@]34CCCC[C@@H]3[C@@H]2[C@@H]1CC4. The highest BCUT2D eigenvalue weighted by molar-refractivity contribution is 6.76. The molecule has 0 aromatic heterocycles. The van der Waals surface area contributed by atoms with Gasteiger partial charge in [-0.3, -0.25) is 4.79 Å². The Morgan fingerprint density at radius 1 is 1.17 bits per heavy atom. The minimum atomic E-state index is -1.56. The monoisotopic (exact) mass is 337 g/mol. The normalized spacial score (nSPS) is 49.3. The molecule has 2 bridgehead atoms. The Morgan fingerprint density at radius 3 is 2.61 bits per heavy atom. The maximum Gasteiger partial charge on any atom is 0.254 e. The van der Waals surface area contributed by atoms with Crippen molar-refractivity contribution >= 4 is 14.0 Å². The second-order valence-electron chi connectivity index (χ2n) is 9.86. The van der Waals surface area contributed by atoms with Crippen molar-refractivity contribution in [1.82, 2.24) is 4.90 Å². The fourth-order valence-corrected chi connectivity index (χ4v) is 8.69. The van der Waals surface area contributed by atoms with E-state index in [1.165, 1.54) is 12.8 Å². The van der Waals surface area contributed by atoms with Gasteiger partial charge in [-0.2, -0.15) is 0 Å². The third kappa shape index (κ3) is 2.05. The molecule has 2 saturated heterocycles. The molecule has 4 rings (SSSR count). The quantitative estimate of drug-likeness (QED) is 0.760. The van der Waals surface area contributed by atoms with Gasteiger partial charge in [0.05, 0.1) is 6.10 Å². The molecule has 0 aromatic rings. The predicted molar refractivity (Wildman–Crippen MR) is 91.7 cm³/mol. The van der Waals surface area contributed by atoms with E-state index in [0.717, 1.165) is 25.7 Å². The van der Waals surface area contributed by atoms with Crippen LogP contribution in [0.15, 0.2) is 0 Å². The summed E-state index contributed by atoms with van der Waals surface area (Å²) in [6.07, 6.45) is 6.13. The fourth-order valence-electron chi connectivity index (χ4n) is 6.65. The zero-order valence-electron chi connectivity index (χ0n) is 14.7. The van der Waals surface area contributed by atoms with Crippen LogP contribution in [0.1, 0.15) is 38.5 Å². The molecule has 2 N–H and O–H groups in total. The van der Waals surface area contributed by atoms with Gasteiger partial charge in [-0.1, -0.05) is 32.5 Å². The van der Waals surface area contributed by atoms with Crippen molar-refractivity contribution < 1.29 is 15.0 Å². The van der Waals surface area contributed by atoms with Crippen LogP contribution < -0.4 is 0 Å². The van der Waals surface area contributed by atoms with E-state index in [2.05, 4.69) is 19.6 Å². The zero-order valence-corrected chi connectivity index (χ0v) is 15.7. The Hall–Kier alpha value is -0.393. The molecule has 4 nitrogen and oxygen atoms in total. The van der Waals surface area contributed by atoms with Crippen molar-refractivity contribution in [3.05, 3.63) is 0 Å². The molecule has 0 radical (unpaired) electrons. The van der Waals surface area contributed by atoms with E-state index in [-0.39, 0.29) is 23.3 Å². The molecule has 1 amide bonds. The van der Waals surface area contributed by atoms with Gasteiger partial charge >= 0.3 is 0 Å². The summed E-state index contributed by atoms with van der Waals surface area (Å²) in [5.74, 6) is 0.416. The van der Waals surface area contributed by atoms with E-state index in [9.17, 15) is 15.0 Å². The number of carbonyl (C=O) groups excluding carboxylic acids is 1. The van der Waals surface area contributed by atoms with Crippen LogP contribution in [0.2, 0.25) is 25.7 Å². The summed E-state index contributed by atoms with van der Waals surface area (Å²) >= 11 is 0. The van der Waals surface area contributed by atoms with Gasteiger partial charge in [-0.15, -0.1) is 0 Å². The van der Waals surface area contributed by atoms with Gasteiger partial charge in [0.2, 0.25) is 0 Å². The van der Waals surface area contributed by atoms with Crippen LogP contribution in [0.3, 0.4) is 0 Å². The molecule has 5 heteroatoms. The highest BCUT2D eigenvalue weighted by Gasteiger charge is 2.69. The molecular formula is C18H31NO3Si. The summed E-state index contributed by atoms with van der Waals surface area (Å²) in [4.78, 5) is 15.0. The molecular weight excluding hydrogens is 306 g/mol. The molecule has 2 aliphatic heterocycles. The van der Waals surface area contributed by atoms with Crippen molar-refractivity contribution in [3.8, 4) is 0 Å². The maximum atomic E-state index is 13.1. The largest absolute Gasteiger partial charge is 0.391 e. The topological polar surface area (TPSA) is 60.8 Å².